The van der Waals surface area contributed by atoms with Crippen LogP contribution in [0.25, 0.3) is 0 Å². The maximum Gasteiger partial charge on any atom is 0.573 e. The van der Waals surface area contributed by atoms with Crippen LogP contribution in [0.15, 0.2) is 18.2 Å². The lowest BCUT2D eigenvalue weighted by Crippen LogP contribution is -2.19. The average Bonchev–Trinajstić information content (AvgIpc) is 2.18. The van der Waals surface area contributed by atoms with Gasteiger partial charge in [0, 0.05) is 5.56 Å². The molecule has 1 rings (SSSR count). The lowest BCUT2D eigenvalue weighted by Gasteiger charge is -2.13. The smallest absolute Gasteiger partial charge is 0.406 e. The highest BCUT2D eigenvalue weighted by Crippen LogP contribution is 2.26. The highest BCUT2D eigenvalue weighted by atomic mass is 35.5. The van der Waals surface area contributed by atoms with Gasteiger partial charge in [0.05, 0.1) is 12.6 Å². The highest BCUT2D eigenvalue weighted by molar-refractivity contribution is 5.85. The molecule has 1 atom stereocenters. The Bertz CT molecular complexity index is 373. The van der Waals surface area contributed by atoms with Crippen LogP contribution in [-0.2, 0) is 0 Å². The normalized spacial score (nSPS) is 12.8. The zero-order valence-electron chi connectivity index (χ0n) is 8.37. The summed E-state index contributed by atoms with van der Waals surface area (Å²) in [4.78, 5) is 0. The molecule has 1 aromatic rings. The molecule has 0 amide bonds. The maximum atomic E-state index is 13.1. The van der Waals surface area contributed by atoms with Crippen molar-refractivity contribution in [2.24, 2.45) is 5.73 Å². The molecule has 3 nitrogen and oxygen atoms in total. The predicted octanol–water partition coefficient (Wildman–Crippen LogP) is 2.14. The van der Waals surface area contributed by atoms with Gasteiger partial charge in [-0.25, -0.2) is 4.39 Å². The van der Waals surface area contributed by atoms with Gasteiger partial charge in [0.25, 0.3) is 0 Å². The standard InChI is InChI=1S/C9H9F4NO2.ClH/c10-7-2-1-5(16-9(11,12)13)3-6(7)8(14)4-15;/h1-3,8,15H,4,14H2;1H/t8-;/m0./s1. The monoisotopic (exact) mass is 275 g/mol. The first-order valence-corrected chi connectivity index (χ1v) is 4.25. The molecule has 0 saturated heterocycles. The van der Waals surface area contributed by atoms with Crippen LogP contribution in [0.2, 0.25) is 0 Å². The van der Waals surface area contributed by atoms with Crippen LogP contribution in [0, 0.1) is 5.82 Å². The van der Waals surface area contributed by atoms with Gasteiger partial charge in [0.15, 0.2) is 0 Å². The summed E-state index contributed by atoms with van der Waals surface area (Å²) in [5.41, 5.74) is 5.07. The second kappa shape index (κ2) is 6.04. The van der Waals surface area contributed by atoms with Crippen molar-refractivity contribution in [3.8, 4) is 5.75 Å². The SMILES string of the molecule is Cl.N[C@@H](CO)c1cc(OC(F)(F)F)ccc1F. The van der Waals surface area contributed by atoms with Crippen LogP contribution in [-0.4, -0.2) is 18.1 Å². The van der Waals surface area contributed by atoms with E-state index in [0.29, 0.717) is 0 Å². The fourth-order valence-corrected chi connectivity index (χ4v) is 1.10. The summed E-state index contributed by atoms with van der Waals surface area (Å²) in [6, 6.07) is 1.35. The van der Waals surface area contributed by atoms with E-state index in [0.717, 1.165) is 18.2 Å². The van der Waals surface area contributed by atoms with E-state index in [1.807, 2.05) is 0 Å². The minimum absolute atomic E-state index is 0. The molecule has 0 aliphatic rings. The van der Waals surface area contributed by atoms with Crippen LogP contribution < -0.4 is 10.5 Å². The van der Waals surface area contributed by atoms with Crippen molar-refractivity contribution >= 4 is 12.4 Å². The van der Waals surface area contributed by atoms with Gasteiger partial charge in [-0.3, -0.25) is 0 Å². The van der Waals surface area contributed by atoms with Crippen molar-refractivity contribution in [2.45, 2.75) is 12.4 Å². The van der Waals surface area contributed by atoms with E-state index in [2.05, 4.69) is 4.74 Å². The van der Waals surface area contributed by atoms with E-state index in [-0.39, 0.29) is 18.0 Å². The first kappa shape index (κ1) is 16.0. The summed E-state index contributed by atoms with van der Waals surface area (Å²) in [7, 11) is 0. The average molecular weight is 276 g/mol. The highest BCUT2D eigenvalue weighted by Gasteiger charge is 2.31. The number of hydrogen-bond acceptors (Lipinski definition) is 3. The van der Waals surface area contributed by atoms with Crippen molar-refractivity contribution in [3.63, 3.8) is 0 Å². The van der Waals surface area contributed by atoms with Crippen LogP contribution in [0.5, 0.6) is 5.75 Å². The fourth-order valence-electron chi connectivity index (χ4n) is 1.10. The Morgan fingerprint density at radius 1 is 1.35 bits per heavy atom. The third-order valence-corrected chi connectivity index (χ3v) is 1.80. The predicted molar refractivity (Wildman–Crippen MR) is 54.3 cm³/mol. The first-order valence-electron chi connectivity index (χ1n) is 4.25. The number of alkyl halides is 3. The molecule has 98 valence electrons. The number of benzene rings is 1. The van der Waals surface area contributed by atoms with Gasteiger partial charge in [-0.1, -0.05) is 0 Å². The van der Waals surface area contributed by atoms with E-state index in [4.69, 9.17) is 10.8 Å². The molecule has 1 aromatic carbocycles. The van der Waals surface area contributed by atoms with Gasteiger partial charge < -0.3 is 15.6 Å². The molecule has 0 aromatic heterocycles. The van der Waals surface area contributed by atoms with E-state index >= 15 is 0 Å². The summed E-state index contributed by atoms with van der Waals surface area (Å²) in [6.07, 6.45) is -4.85. The minimum Gasteiger partial charge on any atom is -0.406 e. The first-order chi connectivity index (χ1) is 7.33. The Hall–Kier alpha value is -1.05. The molecule has 0 heterocycles. The van der Waals surface area contributed by atoms with Crippen molar-refractivity contribution in [1.82, 2.24) is 0 Å². The molecule has 0 spiro atoms. The van der Waals surface area contributed by atoms with E-state index in [1.165, 1.54) is 0 Å². The minimum atomic E-state index is -4.85. The van der Waals surface area contributed by atoms with Crippen molar-refractivity contribution in [2.75, 3.05) is 6.61 Å². The van der Waals surface area contributed by atoms with Gasteiger partial charge >= 0.3 is 6.36 Å². The summed E-state index contributed by atoms with van der Waals surface area (Å²) < 4.78 is 52.3. The molecular weight excluding hydrogens is 266 g/mol. The molecule has 0 aliphatic heterocycles. The van der Waals surface area contributed by atoms with Crippen molar-refractivity contribution in [3.05, 3.63) is 29.6 Å². The van der Waals surface area contributed by atoms with E-state index in [9.17, 15) is 17.6 Å². The third-order valence-electron chi connectivity index (χ3n) is 1.80. The van der Waals surface area contributed by atoms with Crippen LogP contribution in [0.4, 0.5) is 17.6 Å². The molecule has 0 saturated carbocycles. The summed E-state index contributed by atoms with van der Waals surface area (Å²) in [6.45, 7) is -0.577. The molecule has 0 aliphatic carbocycles. The number of aliphatic hydroxyl groups excluding tert-OH is 1. The number of aliphatic hydroxyl groups is 1. The molecule has 17 heavy (non-hydrogen) atoms. The van der Waals surface area contributed by atoms with Gasteiger partial charge in [-0.2, -0.15) is 0 Å². The lowest BCUT2D eigenvalue weighted by atomic mass is 10.1. The zero-order chi connectivity index (χ0) is 12.3. The van der Waals surface area contributed by atoms with Gasteiger partial charge in [-0.05, 0) is 18.2 Å². The zero-order valence-corrected chi connectivity index (χ0v) is 9.19. The summed E-state index contributed by atoms with van der Waals surface area (Å²) in [5, 5.41) is 8.68. The largest absolute Gasteiger partial charge is 0.573 e. The van der Waals surface area contributed by atoms with E-state index < -0.39 is 30.6 Å². The topological polar surface area (TPSA) is 55.5 Å². The lowest BCUT2D eigenvalue weighted by molar-refractivity contribution is -0.274. The van der Waals surface area contributed by atoms with Gasteiger partial charge in [0.1, 0.15) is 11.6 Å². The number of halogens is 5. The van der Waals surface area contributed by atoms with E-state index in [1.54, 1.807) is 0 Å². The Kier molecular flexibility index (Phi) is 5.67. The molecule has 0 fully saturated rings. The van der Waals surface area contributed by atoms with Crippen molar-refractivity contribution < 1.29 is 27.4 Å². The second-order valence-corrected chi connectivity index (χ2v) is 3.02. The second-order valence-electron chi connectivity index (χ2n) is 3.02. The third kappa shape index (κ3) is 4.76. The fraction of sp³-hybridized carbons (Fsp3) is 0.333. The number of ether oxygens (including phenoxy) is 1. The van der Waals surface area contributed by atoms with Crippen LogP contribution >= 0.6 is 12.4 Å². The molecule has 0 radical (unpaired) electrons. The maximum absolute atomic E-state index is 13.1. The van der Waals surface area contributed by atoms with Gasteiger partial charge in [0.2, 0.25) is 0 Å². The molecular formula is C9H10ClF4NO2. The Morgan fingerprint density at radius 3 is 2.41 bits per heavy atom. The molecule has 8 heteroatoms. The Morgan fingerprint density at radius 2 is 1.94 bits per heavy atom. The number of nitrogens with two attached hydrogens (primary N) is 1. The number of rotatable bonds is 3. The molecule has 3 N–H and O–H groups in total. The van der Waals surface area contributed by atoms with Crippen molar-refractivity contribution in [1.29, 1.82) is 0 Å². The van der Waals surface area contributed by atoms with Crippen LogP contribution in [0.3, 0.4) is 0 Å². The quantitative estimate of drug-likeness (QED) is 0.831. The number of hydrogen-bond donors (Lipinski definition) is 2. The summed E-state index contributed by atoms with van der Waals surface area (Å²) in [5.74, 6) is -1.37. The van der Waals surface area contributed by atoms with Crippen LogP contribution in [0.1, 0.15) is 11.6 Å². The molecule has 0 bridgehead atoms. The van der Waals surface area contributed by atoms with Gasteiger partial charge in [-0.15, -0.1) is 25.6 Å². The Labute approximate surface area is 101 Å². The summed E-state index contributed by atoms with van der Waals surface area (Å²) >= 11 is 0. The Balaban J connectivity index is 0.00000256. The molecule has 0 unspecified atom stereocenters.